The van der Waals surface area contributed by atoms with Gasteiger partial charge in [-0.05, 0) is 72.1 Å². The van der Waals surface area contributed by atoms with Crippen molar-refractivity contribution in [2.75, 3.05) is 7.05 Å². The Balaban J connectivity index is 1.48. The van der Waals surface area contributed by atoms with Crippen LogP contribution in [0.5, 0.6) is 0 Å². The molecule has 0 radical (unpaired) electrons. The van der Waals surface area contributed by atoms with Crippen LogP contribution in [0.4, 0.5) is 4.39 Å². The highest BCUT2D eigenvalue weighted by Gasteiger charge is 2.22. The molecule has 5 nitrogen and oxygen atoms in total. The maximum absolute atomic E-state index is 13.5. The molecule has 184 valence electrons. The molecule has 2 N–H and O–H groups in total. The quantitative estimate of drug-likeness (QED) is 0.284. The van der Waals surface area contributed by atoms with Crippen LogP contribution < -0.4 is 10.6 Å². The second kappa shape index (κ2) is 10.1. The molecule has 0 saturated carbocycles. The summed E-state index contributed by atoms with van der Waals surface area (Å²) in [6.07, 6.45) is 0. The number of halogens is 1. The summed E-state index contributed by atoms with van der Waals surface area (Å²) in [6.45, 7) is 2.46. The lowest BCUT2D eigenvalue weighted by Crippen LogP contribution is -2.22. The van der Waals surface area contributed by atoms with Gasteiger partial charge in [0, 0.05) is 30.1 Å². The molecule has 0 atom stereocenters. The van der Waals surface area contributed by atoms with Gasteiger partial charge >= 0.3 is 0 Å². The van der Waals surface area contributed by atoms with Crippen LogP contribution in [-0.2, 0) is 6.54 Å². The number of nitrogens with one attached hydrogen (secondary N) is 2. The summed E-state index contributed by atoms with van der Waals surface area (Å²) >= 11 is 0. The molecule has 0 saturated heterocycles. The van der Waals surface area contributed by atoms with Gasteiger partial charge in [0.05, 0.1) is 5.56 Å². The van der Waals surface area contributed by atoms with E-state index in [0.29, 0.717) is 40.0 Å². The van der Waals surface area contributed by atoms with Crippen molar-refractivity contribution in [1.82, 2.24) is 10.6 Å². The second-order valence-electron chi connectivity index (χ2n) is 8.86. The maximum atomic E-state index is 13.5. The molecule has 0 unspecified atom stereocenters. The average Bonchev–Trinajstić information content (AvgIpc) is 3.30. The zero-order chi connectivity index (χ0) is 25.9. The van der Waals surface area contributed by atoms with Crippen molar-refractivity contribution in [3.63, 3.8) is 0 Å². The summed E-state index contributed by atoms with van der Waals surface area (Å²) in [5, 5.41) is 6.27. The molecule has 6 heteroatoms. The summed E-state index contributed by atoms with van der Waals surface area (Å²) in [7, 11) is 1.55. The number of aryl methyl sites for hydroxylation is 1. The van der Waals surface area contributed by atoms with Gasteiger partial charge in [-0.25, -0.2) is 4.39 Å². The minimum absolute atomic E-state index is 0.169. The number of carbonyl (C=O) groups is 2. The van der Waals surface area contributed by atoms with E-state index in [1.54, 1.807) is 31.3 Å². The number of hydrogen-bond donors (Lipinski definition) is 2. The van der Waals surface area contributed by atoms with Crippen molar-refractivity contribution in [2.45, 2.75) is 13.5 Å². The Morgan fingerprint density at radius 3 is 2.30 bits per heavy atom. The van der Waals surface area contributed by atoms with E-state index in [2.05, 4.69) is 10.6 Å². The fourth-order valence-corrected chi connectivity index (χ4v) is 4.38. The fraction of sp³-hybridized carbons (Fsp3) is 0.0968. The zero-order valence-corrected chi connectivity index (χ0v) is 20.5. The lowest BCUT2D eigenvalue weighted by Gasteiger charge is -2.08. The molecule has 0 aliphatic rings. The molecule has 37 heavy (non-hydrogen) atoms. The Morgan fingerprint density at radius 1 is 0.811 bits per heavy atom. The Labute approximate surface area is 213 Å². The predicted octanol–water partition coefficient (Wildman–Crippen LogP) is 6.50. The first kappa shape index (κ1) is 24.0. The Kier molecular flexibility index (Phi) is 6.56. The van der Waals surface area contributed by atoms with Gasteiger partial charge in [0.1, 0.15) is 17.2 Å². The lowest BCUT2D eigenvalue weighted by atomic mass is 9.99. The highest BCUT2D eigenvalue weighted by molar-refractivity contribution is 6.11. The van der Waals surface area contributed by atoms with Crippen molar-refractivity contribution in [3.8, 4) is 22.5 Å². The summed E-state index contributed by atoms with van der Waals surface area (Å²) in [5.41, 5.74) is 5.89. The summed E-state index contributed by atoms with van der Waals surface area (Å²) in [4.78, 5) is 25.7. The van der Waals surface area contributed by atoms with Crippen molar-refractivity contribution in [1.29, 1.82) is 0 Å². The molecule has 0 bridgehead atoms. The van der Waals surface area contributed by atoms with E-state index in [4.69, 9.17) is 4.42 Å². The number of rotatable bonds is 6. The smallest absolute Gasteiger partial charge is 0.255 e. The van der Waals surface area contributed by atoms with Crippen LogP contribution in [0.1, 0.15) is 31.8 Å². The Bertz CT molecular complexity index is 1620. The first-order valence-electron chi connectivity index (χ1n) is 11.9. The van der Waals surface area contributed by atoms with Crippen molar-refractivity contribution < 1.29 is 18.4 Å². The van der Waals surface area contributed by atoms with E-state index < -0.39 is 0 Å². The van der Waals surface area contributed by atoms with E-state index in [1.807, 2.05) is 61.5 Å². The highest BCUT2D eigenvalue weighted by atomic mass is 19.1. The Hall–Kier alpha value is -4.71. The minimum atomic E-state index is -0.369. The summed E-state index contributed by atoms with van der Waals surface area (Å²) < 4.78 is 19.5. The number of hydrogen-bond acceptors (Lipinski definition) is 3. The van der Waals surface area contributed by atoms with Crippen LogP contribution in [0.25, 0.3) is 33.4 Å². The van der Waals surface area contributed by atoms with E-state index in [0.717, 1.165) is 22.3 Å². The van der Waals surface area contributed by atoms with Gasteiger partial charge in [0.15, 0.2) is 0 Å². The third kappa shape index (κ3) is 5.00. The number of amides is 2. The van der Waals surface area contributed by atoms with Crippen LogP contribution in [-0.4, -0.2) is 18.9 Å². The molecule has 0 aliphatic carbocycles. The van der Waals surface area contributed by atoms with E-state index in [9.17, 15) is 14.0 Å². The van der Waals surface area contributed by atoms with Gasteiger partial charge in [-0.2, -0.15) is 0 Å². The molecule has 5 aromatic rings. The van der Waals surface area contributed by atoms with Crippen molar-refractivity contribution in [2.24, 2.45) is 0 Å². The molecule has 1 aromatic heterocycles. The van der Waals surface area contributed by atoms with Crippen LogP contribution in [0.15, 0.2) is 95.4 Å². The van der Waals surface area contributed by atoms with E-state index in [-0.39, 0.29) is 17.6 Å². The SMILES string of the molecule is CNC(=O)c1c(-c2ccc(F)cc2)oc2ccc(-c3cccc(C(=O)NCc4cccc(C)c4)c3)cc12. The van der Waals surface area contributed by atoms with Gasteiger partial charge in [0.2, 0.25) is 0 Å². The zero-order valence-electron chi connectivity index (χ0n) is 20.5. The number of carbonyl (C=O) groups excluding carboxylic acids is 2. The first-order valence-corrected chi connectivity index (χ1v) is 11.9. The van der Waals surface area contributed by atoms with E-state index in [1.165, 1.54) is 12.1 Å². The van der Waals surface area contributed by atoms with Crippen LogP contribution in [0.3, 0.4) is 0 Å². The minimum Gasteiger partial charge on any atom is -0.455 e. The van der Waals surface area contributed by atoms with Gasteiger partial charge < -0.3 is 15.1 Å². The first-order chi connectivity index (χ1) is 17.9. The molecular formula is C31H25FN2O3. The number of furan rings is 1. The molecule has 5 rings (SSSR count). The van der Waals surface area contributed by atoms with Crippen LogP contribution in [0.2, 0.25) is 0 Å². The molecule has 0 aliphatic heterocycles. The van der Waals surface area contributed by atoms with Gasteiger partial charge in [-0.1, -0.05) is 48.0 Å². The Morgan fingerprint density at radius 2 is 1.54 bits per heavy atom. The van der Waals surface area contributed by atoms with Crippen LogP contribution in [0, 0.1) is 12.7 Å². The van der Waals surface area contributed by atoms with Gasteiger partial charge in [0.25, 0.3) is 11.8 Å². The number of benzene rings is 4. The topological polar surface area (TPSA) is 71.3 Å². The normalized spacial score (nSPS) is 10.9. The molecule has 0 fully saturated rings. The highest BCUT2D eigenvalue weighted by Crippen LogP contribution is 2.36. The summed E-state index contributed by atoms with van der Waals surface area (Å²) in [6, 6.07) is 26.7. The summed E-state index contributed by atoms with van der Waals surface area (Å²) in [5.74, 6) is -0.473. The molecular weight excluding hydrogens is 467 g/mol. The largest absolute Gasteiger partial charge is 0.455 e. The van der Waals surface area contributed by atoms with Crippen LogP contribution >= 0.6 is 0 Å². The average molecular weight is 493 g/mol. The lowest BCUT2D eigenvalue weighted by molar-refractivity contribution is 0.0947. The standard InChI is InChI=1S/C31H25FN2O3/c1-19-5-3-6-20(15-19)18-34-30(35)24-8-4-7-22(16-24)23-11-14-27-26(17-23)28(31(36)33-2)29(37-27)21-9-12-25(32)13-10-21/h3-17H,18H2,1-2H3,(H,33,36)(H,34,35). The monoisotopic (exact) mass is 492 g/mol. The maximum Gasteiger partial charge on any atom is 0.255 e. The van der Waals surface area contributed by atoms with Gasteiger partial charge in [-0.3, -0.25) is 9.59 Å². The predicted molar refractivity (Wildman–Crippen MR) is 143 cm³/mol. The molecule has 2 amide bonds. The van der Waals surface area contributed by atoms with Crippen molar-refractivity contribution in [3.05, 3.63) is 119 Å². The fourth-order valence-electron chi connectivity index (χ4n) is 4.38. The molecule has 0 spiro atoms. The second-order valence-corrected chi connectivity index (χ2v) is 8.86. The van der Waals surface area contributed by atoms with Gasteiger partial charge in [-0.15, -0.1) is 0 Å². The number of fused-ring (bicyclic) bond motifs is 1. The van der Waals surface area contributed by atoms with E-state index >= 15 is 0 Å². The third-order valence-corrected chi connectivity index (χ3v) is 6.24. The molecule has 4 aromatic carbocycles. The molecule has 1 heterocycles. The van der Waals surface area contributed by atoms with Crippen molar-refractivity contribution >= 4 is 22.8 Å². The third-order valence-electron chi connectivity index (χ3n) is 6.24.